The monoisotopic (exact) mass is 171 g/mol. The van der Waals surface area contributed by atoms with Crippen LogP contribution in [0.3, 0.4) is 0 Å². The first-order chi connectivity index (χ1) is 4.22. The van der Waals surface area contributed by atoms with Crippen molar-refractivity contribution in [2.24, 2.45) is 0 Å². The van der Waals surface area contributed by atoms with E-state index in [1.807, 2.05) is 0 Å². The molecule has 1 aliphatic heterocycles. The second kappa shape index (κ2) is 4.46. The van der Waals surface area contributed by atoms with Crippen molar-refractivity contribution in [3.63, 3.8) is 0 Å². The van der Waals surface area contributed by atoms with Crippen LogP contribution in [0, 0.1) is 0 Å². The van der Waals surface area contributed by atoms with E-state index in [-0.39, 0.29) is 35.5 Å². The Morgan fingerprint density at radius 2 is 2.30 bits per heavy atom. The Kier molecular flexibility index (Phi) is 4.71. The van der Waals surface area contributed by atoms with Crippen LogP contribution in [0.15, 0.2) is 0 Å². The van der Waals surface area contributed by atoms with E-state index in [9.17, 15) is 13.6 Å². The normalized spacial score (nSPS) is 26.9. The van der Waals surface area contributed by atoms with Gasteiger partial charge in [0.15, 0.2) is 0 Å². The molecular formula is C4H6NNaO3S. The van der Waals surface area contributed by atoms with Gasteiger partial charge in [-0.25, -0.2) is 0 Å². The van der Waals surface area contributed by atoms with E-state index in [0.29, 0.717) is 13.0 Å². The van der Waals surface area contributed by atoms with E-state index in [2.05, 4.69) is 5.32 Å². The van der Waals surface area contributed by atoms with Crippen molar-refractivity contribution in [3.05, 3.63) is 0 Å². The van der Waals surface area contributed by atoms with Crippen LogP contribution in [-0.2, 0) is 15.9 Å². The zero-order chi connectivity index (χ0) is 6.85. The molecule has 0 aliphatic carbocycles. The van der Waals surface area contributed by atoms with E-state index >= 15 is 0 Å². The molecule has 1 heterocycles. The van der Waals surface area contributed by atoms with Crippen molar-refractivity contribution in [1.29, 1.82) is 0 Å². The molecule has 1 saturated heterocycles. The SMILES string of the molecule is O=C1NCCC1S(=O)[O-].[Na+]. The van der Waals surface area contributed by atoms with Gasteiger partial charge in [-0.1, -0.05) is 0 Å². The molecule has 6 heteroatoms. The molecule has 0 spiro atoms. The number of rotatable bonds is 1. The third kappa shape index (κ3) is 2.32. The van der Waals surface area contributed by atoms with E-state index in [0.717, 1.165) is 0 Å². The van der Waals surface area contributed by atoms with E-state index in [1.54, 1.807) is 0 Å². The Labute approximate surface area is 83.3 Å². The van der Waals surface area contributed by atoms with Gasteiger partial charge in [0.1, 0.15) is 5.25 Å². The Morgan fingerprint density at radius 1 is 1.70 bits per heavy atom. The Hall–Kier alpha value is 0.580. The van der Waals surface area contributed by atoms with Crippen molar-refractivity contribution in [2.45, 2.75) is 11.7 Å². The van der Waals surface area contributed by atoms with Gasteiger partial charge in [-0.15, -0.1) is 0 Å². The summed E-state index contributed by atoms with van der Waals surface area (Å²) in [5, 5.41) is 1.62. The van der Waals surface area contributed by atoms with Gasteiger partial charge < -0.3 is 9.87 Å². The molecule has 52 valence electrons. The van der Waals surface area contributed by atoms with E-state index in [1.165, 1.54) is 0 Å². The summed E-state index contributed by atoms with van der Waals surface area (Å²) in [5.74, 6) is -0.372. The predicted molar refractivity (Wildman–Crippen MR) is 30.3 cm³/mol. The van der Waals surface area contributed by atoms with Crippen LogP contribution in [0.4, 0.5) is 0 Å². The smallest absolute Gasteiger partial charge is 0.772 e. The number of hydrogen-bond donors (Lipinski definition) is 1. The maximum atomic E-state index is 10.5. The van der Waals surface area contributed by atoms with E-state index in [4.69, 9.17) is 0 Å². The Bertz CT molecular complexity index is 163. The van der Waals surface area contributed by atoms with Crippen molar-refractivity contribution in [2.75, 3.05) is 6.54 Å². The minimum Gasteiger partial charge on any atom is -0.772 e. The molecule has 0 aromatic rings. The first kappa shape index (κ1) is 10.6. The van der Waals surface area contributed by atoms with Crippen LogP contribution >= 0.6 is 0 Å². The fraction of sp³-hybridized carbons (Fsp3) is 0.750. The summed E-state index contributed by atoms with van der Waals surface area (Å²) >= 11 is -2.23. The van der Waals surface area contributed by atoms with E-state index < -0.39 is 16.3 Å². The van der Waals surface area contributed by atoms with Gasteiger partial charge in [-0.2, -0.15) is 0 Å². The van der Waals surface area contributed by atoms with Gasteiger partial charge in [0.05, 0.1) is 0 Å². The topological polar surface area (TPSA) is 69.2 Å². The van der Waals surface area contributed by atoms with Crippen molar-refractivity contribution >= 4 is 17.0 Å². The van der Waals surface area contributed by atoms with Crippen LogP contribution < -0.4 is 34.9 Å². The third-order valence-electron chi connectivity index (χ3n) is 1.23. The summed E-state index contributed by atoms with van der Waals surface area (Å²) in [6.07, 6.45) is 0.412. The Morgan fingerprint density at radius 3 is 2.50 bits per heavy atom. The van der Waals surface area contributed by atoms with Gasteiger partial charge >= 0.3 is 29.6 Å². The van der Waals surface area contributed by atoms with Gasteiger partial charge in [0.2, 0.25) is 5.91 Å². The van der Waals surface area contributed by atoms with Gasteiger partial charge in [-0.05, 0) is 17.5 Å². The molecule has 0 aromatic heterocycles. The quantitative estimate of drug-likeness (QED) is 0.321. The molecule has 10 heavy (non-hydrogen) atoms. The second-order valence-electron chi connectivity index (χ2n) is 1.83. The average molecular weight is 171 g/mol. The van der Waals surface area contributed by atoms with Crippen molar-refractivity contribution in [3.8, 4) is 0 Å². The minimum absolute atomic E-state index is 0. The molecular weight excluding hydrogens is 165 g/mol. The maximum Gasteiger partial charge on any atom is 1.00 e. The van der Waals surface area contributed by atoms with Gasteiger partial charge in [0, 0.05) is 6.54 Å². The minimum atomic E-state index is -2.23. The first-order valence-corrected chi connectivity index (χ1v) is 3.71. The molecule has 1 rings (SSSR count). The standard InChI is InChI=1S/C4H7NO3S.Na/c6-4-3(9(7)8)1-2-5-4;/h3H,1-2H2,(H,5,6)(H,7,8);/q;+1/p-1. The van der Waals surface area contributed by atoms with Crippen LogP contribution in [0.25, 0.3) is 0 Å². The van der Waals surface area contributed by atoms with Crippen molar-refractivity contribution < 1.29 is 43.1 Å². The number of nitrogens with one attached hydrogen (secondary N) is 1. The fourth-order valence-corrected chi connectivity index (χ4v) is 1.32. The fourth-order valence-electron chi connectivity index (χ4n) is 0.755. The molecule has 0 bridgehead atoms. The zero-order valence-corrected chi connectivity index (χ0v) is 8.44. The second-order valence-corrected chi connectivity index (χ2v) is 2.92. The maximum absolute atomic E-state index is 10.5. The third-order valence-corrected chi connectivity index (χ3v) is 2.14. The molecule has 2 unspecified atom stereocenters. The molecule has 2 atom stereocenters. The summed E-state index contributed by atoms with van der Waals surface area (Å²) in [6.45, 7) is 0.484. The largest absolute Gasteiger partial charge is 1.00 e. The van der Waals surface area contributed by atoms with Gasteiger partial charge in [-0.3, -0.25) is 9.00 Å². The number of carbonyl (C=O) groups excluding carboxylic acids is 1. The van der Waals surface area contributed by atoms with Crippen LogP contribution in [0.5, 0.6) is 0 Å². The Balaban J connectivity index is 0.000000810. The average Bonchev–Trinajstić information content (AvgIpc) is 2.13. The number of hydrogen-bond acceptors (Lipinski definition) is 3. The molecule has 0 saturated carbocycles. The number of amides is 1. The van der Waals surface area contributed by atoms with Crippen LogP contribution in [-0.4, -0.2) is 26.5 Å². The summed E-state index contributed by atoms with van der Waals surface area (Å²) < 4.78 is 20.3. The number of carbonyl (C=O) groups is 1. The predicted octanol–water partition coefficient (Wildman–Crippen LogP) is -4.24. The molecule has 0 radical (unpaired) electrons. The van der Waals surface area contributed by atoms with Crippen LogP contribution in [0.1, 0.15) is 6.42 Å². The molecule has 1 N–H and O–H groups in total. The van der Waals surface area contributed by atoms with Crippen LogP contribution in [0.2, 0.25) is 0 Å². The van der Waals surface area contributed by atoms with Crippen molar-refractivity contribution in [1.82, 2.24) is 5.32 Å². The summed E-state index contributed by atoms with van der Waals surface area (Å²) in [7, 11) is 0. The first-order valence-electron chi connectivity index (χ1n) is 2.57. The molecule has 1 fully saturated rings. The molecule has 1 aliphatic rings. The summed E-state index contributed by atoms with van der Waals surface area (Å²) in [4.78, 5) is 10.5. The summed E-state index contributed by atoms with van der Waals surface area (Å²) in [5.41, 5.74) is 0. The summed E-state index contributed by atoms with van der Waals surface area (Å²) in [6, 6.07) is 0. The molecule has 0 aromatic carbocycles. The molecule has 1 amide bonds. The zero-order valence-electron chi connectivity index (χ0n) is 5.62. The van der Waals surface area contributed by atoms with Gasteiger partial charge in [0.25, 0.3) is 0 Å². The molecule has 4 nitrogen and oxygen atoms in total.